The number of hydrogen-bond donors (Lipinski definition) is 2. The van der Waals surface area contributed by atoms with Gasteiger partial charge < -0.3 is 10.6 Å². The average Bonchev–Trinajstić information content (AvgIpc) is 2.48. The summed E-state index contributed by atoms with van der Waals surface area (Å²) in [6, 6.07) is 13.6. The molecule has 1 aromatic carbocycles. The molecule has 0 bridgehead atoms. The van der Waals surface area contributed by atoms with Gasteiger partial charge in [0, 0.05) is 19.8 Å². The van der Waals surface area contributed by atoms with Gasteiger partial charge in [-0.2, -0.15) is 0 Å². The van der Waals surface area contributed by atoms with E-state index in [1.54, 1.807) is 25.4 Å². The summed E-state index contributed by atoms with van der Waals surface area (Å²) in [4.78, 5) is 16.0. The van der Waals surface area contributed by atoms with Crippen molar-refractivity contribution in [3.05, 3.63) is 59.8 Å². The minimum absolute atomic E-state index is 0.0916. The molecule has 4 nitrogen and oxygen atoms in total. The van der Waals surface area contributed by atoms with Crippen LogP contribution < -0.4 is 10.6 Å². The van der Waals surface area contributed by atoms with Crippen LogP contribution >= 0.6 is 0 Å². The number of nitrogens with one attached hydrogen (secondary N) is 2. The Morgan fingerprint density at radius 2 is 1.95 bits per heavy atom. The highest BCUT2D eigenvalue weighted by atomic mass is 16.1. The molecule has 4 heteroatoms. The molecular formula is C15H17N3O. The van der Waals surface area contributed by atoms with Crippen molar-refractivity contribution in [2.24, 2.45) is 0 Å². The van der Waals surface area contributed by atoms with Gasteiger partial charge in [-0.25, -0.2) is 4.98 Å². The van der Waals surface area contributed by atoms with Gasteiger partial charge >= 0.3 is 0 Å². The highest BCUT2D eigenvalue weighted by Gasteiger charge is 2.05. The van der Waals surface area contributed by atoms with Crippen molar-refractivity contribution in [3.63, 3.8) is 0 Å². The molecule has 0 radical (unpaired) electrons. The van der Waals surface area contributed by atoms with Crippen molar-refractivity contribution in [3.8, 4) is 0 Å². The molecular weight excluding hydrogens is 238 g/mol. The number of carbonyl (C=O) groups is 1. The topological polar surface area (TPSA) is 54.0 Å². The van der Waals surface area contributed by atoms with Gasteiger partial charge in [-0.05, 0) is 24.1 Å². The third-order valence-corrected chi connectivity index (χ3v) is 2.82. The van der Waals surface area contributed by atoms with E-state index in [0.29, 0.717) is 12.1 Å². The lowest BCUT2D eigenvalue weighted by molar-refractivity contribution is 0.0954. The fraction of sp³-hybridized carbons (Fsp3) is 0.200. The van der Waals surface area contributed by atoms with Gasteiger partial charge in [-0.3, -0.25) is 4.79 Å². The molecule has 0 unspecified atom stereocenters. The van der Waals surface area contributed by atoms with Crippen LogP contribution in [0.3, 0.4) is 0 Å². The molecule has 2 aromatic rings. The molecule has 2 rings (SSSR count). The number of aromatic nitrogens is 1. The molecule has 1 amide bonds. The van der Waals surface area contributed by atoms with Crippen molar-refractivity contribution < 1.29 is 4.79 Å². The first-order valence-electron chi connectivity index (χ1n) is 6.25. The van der Waals surface area contributed by atoms with Gasteiger partial charge in [0.25, 0.3) is 5.91 Å². The summed E-state index contributed by atoms with van der Waals surface area (Å²) >= 11 is 0. The molecule has 19 heavy (non-hydrogen) atoms. The Hall–Kier alpha value is -2.36. The lowest BCUT2D eigenvalue weighted by Gasteiger charge is -2.06. The Morgan fingerprint density at radius 3 is 2.58 bits per heavy atom. The van der Waals surface area contributed by atoms with E-state index in [0.717, 1.165) is 12.2 Å². The quantitative estimate of drug-likeness (QED) is 0.860. The lowest BCUT2D eigenvalue weighted by Crippen LogP contribution is -2.25. The third kappa shape index (κ3) is 3.81. The highest BCUT2D eigenvalue weighted by molar-refractivity contribution is 5.94. The SMILES string of the molecule is CNc1ccc(C(=O)NCCc2ccccc2)cn1. The molecule has 0 aliphatic heterocycles. The number of rotatable bonds is 5. The number of amides is 1. The first kappa shape index (κ1) is 13.1. The Morgan fingerprint density at radius 1 is 1.16 bits per heavy atom. The zero-order valence-electron chi connectivity index (χ0n) is 10.9. The van der Waals surface area contributed by atoms with Crippen molar-refractivity contribution >= 4 is 11.7 Å². The maximum atomic E-state index is 11.9. The zero-order chi connectivity index (χ0) is 13.5. The molecule has 2 N–H and O–H groups in total. The number of carbonyl (C=O) groups excluding carboxylic acids is 1. The summed E-state index contributed by atoms with van der Waals surface area (Å²) in [6.07, 6.45) is 2.40. The van der Waals surface area contributed by atoms with Crippen LogP contribution in [0.4, 0.5) is 5.82 Å². The summed E-state index contributed by atoms with van der Waals surface area (Å²) in [5.74, 6) is 0.659. The Bertz CT molecular complexity index is 523. The Labute approximate surface area is 112 Å². The van der Waals surface area contributed by atoms with Crippen molar-refractivity contribution in [1.82, 2.24) is 10.3 Å². The second-order valence-electron chi connectivity index (χ2n) is 4.17. The molecule has 0 atom stereocenters. The smallest absolute Gasteiger partial charge is 0.252 e. The molecule has 0 saturated heterocycles. The molecule has 0 fully saturated rings. The number of hydrogen-bond acceptors (Lipinski definition) is 3. The average molecular weight is 255 g/mol. The van der Waals surface area contributed by atoms with Crippen LogP contribution in [0.5, 0.6) is 0 Å². The molecule has 0 saturated carbocycles. The Kier molecular flexibility index (Phi) is 4.50. The molecule has 1 heterocycles. The second-order valence-corrected chi connectivity index (χ2v) is 4.17. The molecule has 98 valence electrons. The van der Waals surface area contributed by atoms with Gasteiger partial charge in [-0.1, -0.05) is 30.3 Å². The summed E-state index contributed by atoms with van der Waals surface area (Å²) in [7, 11) is 1.79. The van der Waals surface area contributed by atoms with E-state index in [2.05, 4.69) is 27.8 Å². The van der Waals surface area contributed by atoms with E-state index in [1.807, 2.05) is 18.2 Å². The summed E-state index contributed by atoms with van der Waals surface area (Å²) in [5, 5.41) is 5.80. The molecule has 0 spiro atoms. The zero-order valence-corrected chi connectivity index (χ0v) is 10.9. The van der Waals surface area contributed by atoms with Crippen LogP contribution in [0.25, 0.3) is 0 Å². The lowest BCUT2D eigenvalue weighted by atomic mass is 10.1. The maximum Gasteiger partial charge on any atom is 0.252 e. The van der Waals surface area contributed by atoms with Crippen LogP contribution in [0, 0.1) is 0 Å². The summed E-state index contributed by atoms with van der Waals surface area (Å²) < 4.78 is 0. The van der Waals surface area contributed by atoms with Crippen molar-refractivity contribution in [1.29, 1.82) is 0 Å². The van der Waals surface area contributed by atoms with Gasteiger partial charge in [0.1, 0.15) is 5.82 Å². The van der Waals surface area contributed by atoms with Crippen LogP contribution in [-0.2, 0) is 6.42 Å². The summed E-state index contributed by atoms with van der Waals surface area (Å²) in [6.45, 7) is 0.622. The van der Waals surface area contributed by atoms with Gasteiger partial charge in [0.15, 0.2) is 0 Å². The fourth-order valence-electron chi connectivity index (χ4n) is 1.74. The number of anilines is 1. The van der Waals surface area contributed by atoms with Crippen LogP contribution in [0.2, 0.25) is 0 Å². The standard InChI is InChI=1S/C15H17N3O/c1-16-14-8-7-13(11-18-14)15(19)17-10-9-12-5-3-2-4-6-12/h2-8,11H,9-10H2,1H3,(H,16,18)(H,17,19). The van der Waals surface area contributed by atoms with Crippen molar-refractivity contribution in [2.45, 2.75) is 6.42 Å². The minimum Gasteiger partial charge on any atom is -0.373 e. The van der Waals surface area contributed by atoms with E-state index < -0.39 is 0 Å². The largest absolute Gasteiger partial charge is 0.373 e. The predicted molar refractivity (Wildman–Crippen MR) is 76.3 cm³/mol. The molecule has 0 aliphatic carbocycles. The molecule has 0 aliphatic rings. The maximum absolute atomic E-state index is 11.9. The third-order valence-electron chi connectivity index (χ3n) is 2.82. The first-order valence-corrected chi connectivity index (χ1v) is 6.25. The van der Waals surface area contributed by atoms with E-state index >= 15 is 0 Å². The van der Waals surface area contributed by atoms with E-state index in [9.17, 15) is 4.79 Å². The van der Waals surface area contributed by atoms with Gasteiger partial charge in [0.05, 0.1) is 5.56 Å². The fourth-order valence-corrected chi connectivity index (χ4v) is 1.74. The highest BCUT2D eigenvalue weighted by Crippen LogP contribution is 2.04. The van der Waals surface area contributed by atoms with Crippen LogP contribution in [0.1, 0.15) is 15.9 Å². The second kappa shape index (κ2) is 6.54. The van der Waals surface area contributed by atoms with Crippen molar-refractivity contribution in [2.75, 3.05) is 18.9 Å². The van der Waals surface area contributed by atoms with E-state index in [4.69, 9.17) is 0 Å². The number of pyridine rings is 1. The van der Waals surface area contributed by atoms with Crippen LogP contribution in [-0.4, -0.2) is 24.5 Å². The number of benzene rings is 1. The number of nitrogens with zero attached hydrogens (tertiary/aromatic N) is 1. The monoisotopic (exact) mass is 255 g/mol. The van der Waals surface area contributed by atoms with Crippen LogP contribution in [0.15, 0.2) is 48.7 Å². The molecule has 1 aromatic heterocycles. The predicted octanol–water partition coefficient (Wildman–Crippen LogP) is 2.10. The van der Waals surface area contributed by atoms with Gasteiger partial charge in [0.2, 0.25) is 0 Å². The summed E-state index contributed by atoms with van der Waals surface area (Å²) in [5.41, 5.74) is 1.79. The normalized spacial score (nSPS) is 9.95. The van der Waals surface area contributed by atoms with E-state index in [-0.39, 0.29) is 5.91 Å². The first-order chi connectivity index (χ1) is 9.29. The van der Waals surface area contributed by atoms with E-state index in [1.165, 1.54) is 5.56 Å². The van der Waals surface area contributed by atoms with Gasteiger partial charge in [-0.15, -0.1) is 0 Å². The minimum atomic E-state index is -0.0916. The Balaban J connectivity index is 1.84.